The largest absolute Gasteiger partial charge is 0.489 e. The van der Waals surface area contributed by atoms with Crippen molar-refractivity contribution in [2.75, 3.05) is 0 Å². The molecule has 3 aromatic rings. The Morgan fingerprint density at radius 2 is 2.12 bits per heavy atom. The summed E-state index contributed by atoms with van der Waals surface area (Å²) in [5.41, 5.74) is 2.11. The van der Waals surface area contributed by atoms with E-state index in [1.54, 1.807) is 19.2 Å². The summed E-state index contributed by atoms with van der Waals surface area (Å²) in [6, 6.07) is 5.97. The van der Waals surface area contributed by atoms with E-state index in [1.165, 1.54) is 23.0 Å². The smallest absolute Gasteiger partial charge is 0.306 e. The number of aromatic nitrogens is 5. The number of alkyl halides is 2. The van der Waals surface area contributed by atoms with Gasteiger partial charge in [-0.05, 0) is 50.8 Å². The Bertz CT molecular complexity index is 1170. The second-order valence-corrected chi connectivity index (χ2v) is 8.25. The van der Waals surface area contributed by atoms with Gasteiger partial charge in [-0.1, -0.05) is 5.21 Å². The molecular formula is C23H25F2N5O4. The van der Waals surface area contributed by atoms with Crippen molar-refractivity contribution in [3.8, 4) is 23.0 Å². The van der Waals surface area contributed by atoms with Crippen molar-refractivity contribution < 1.29 is 28.2 Å². The summed E-state index contributed by atoms with van der Waals surface area (Å²) >= 11 is 0. The lowest BCUT2D eigenvalue weighted by molar-refractivity contribution is -0.143. The van der Waals surface area contributed by atoms with Crippen LogP contribution in [0.25, 0.3) is 11.4 Å². The normalized spacial score (nSPS) is 18.1. The first kappa shape index (κ1) is 23.5. The molecule has 11 heteroatoms. The van der Waals surface area contributed by atoms with Crippen LogP contribution in [-0.2, 0) is 18.4 Å². The second-order valence-electron chi connectivity index (χ2n) is 8.25. The van der Waals surface area contributed by atoms with Crippen molar-refractivity contribution in [3.05, 3.63) is 47.4 Å². The quantitative estimate of drug-likeness (QED) is 0.520. The molecule has 3 heterocycles. The van der Waals surface area contributed by atoms with Crippen LogP contribution in [0.4, 0.5) is 8.78 Å². The van der Waals surface area contributed by atoms with Crippen molar-refractivity contribution in [1.82, 2.24) is 25.0 Å². The van der Waals surface area contributed by atoms with Gasteiger partial charge in [0.05, 0.1) is 23.4 Å². The topological polar surface area (TPSA) is 112 Å². The zero-order chi connectivity index (χ0) is 24.2. The van der Waals surface area contributed by atoms with Crippen molar-refractivity contribution in [2.24, 2.45) is 13.0 Å². The van der Waals surface area contributed by atoms with Crippen LogP contribution >= 0.6 is 0 Å². The number of aliphatic carboxylic acids is 1. The molecule has 0 aliphatic heterocycles. The molecule has 0 radical (unpaired) electrons. The predicted molar refractivity (Wildman–Crippen MR) is 117 cm³/mol. The van der Waals surface area contributed by atoms with E-state index in [9.17, 15) is 18.7 Å². The van der Waals surface area contributed by atoms with E-state index in [-0.39, 0.29) is 30.1 Å². The molecule has 0 unspecified atom stereocenters. The van der Waals surface area contributed by atoms with Gasteiger partial charge in [0, 0.05) is 24.9 Å². The van der Waals surface area contributed by atoms with E-state index in [4.69, 9.17) is 9.47 Å². The minimum atomic E-state index is -2.61. The fraction of sp³-hybridized carbons (Fsp3) is 0.435. The Hall–Kier alpha value is -3.63. The SMILES string of the molecule is Cc1nc(-c2nnn(C)c2COc2cc(C(F)F)ccn2)ccc1O[C@H]1CCC[C@H](C(=O)O)C1. The molecule has 1 fully saturated rings. The standard InChI is InChI=1S/C23H25F2N5O4/c1-13-19(34-16-5-3-4-15(10-16)23(31)32)7-6-17(27-13)21-18(30(2)29-28-21)12-33-20-11-14(22(24)25)8-9-26-20/h6-9,11,15-16,22H,3-5,10,12H2,1-2H3,(H,31,32)/t15-,16-/m0/s1. The molecule has 0 aromatic carbocycles. The third-order valence-electron chi connectivity index (χ3n) is 5.86. The maximum Gasteiger partial charge on any atom is 0.306 e. The highest BCUT2D eigenvalue weighted by molar-refractivity contribution is 5.70. The molecular weight excluding hydrogens is 448 g/mol. The van der Waals surface area contributed by atoms with Crippen molar-refractivity contribution in [1.29, 1.82) is 0 Å². The lowest BCUT2D eigenvalue weighted by Gasteiger charge is -2.27. The number of ether oxygens (including phenoxy) is 2. The minimum absolute atomic E-state index is 0.0101. The molecule has 3 aromatic heterocycles. The molecule has 0 saturated heterocycles. The predicted octanol–water partition coefficient (Wildman–Crippen LogP) is 4.12. The van der Waals surface area contributed by atoms with Crippen LogP contribution in [-0.4, -0.2) is 42.1 Å². The lowest BCUT2D eigenvalue weighted by atomic mass is 9.87. The summed E-state index contributed by atoms with van der Waals surface area (Å²) in [6.07, 6.45) is 1.25. The van der Waals surface area contributed by atoms with E-state index in [2.05, 4.69) is 20.3 Å². The van der Waals surface area contributed by atoms with Crippen LogP contribution in [0.2, 0.25) is 0 Å². The summed E-state index contributed by atoms with van der Waals surface area (Å²) < 4.78 is 39.1. The maximum atomic E-state index is 12.9. The van der Waals surface area contributed by atoms with E-state index in [0.29, 0.717) is 41.4 Å². The van der Waals surface area contributed by atoms with Gasteiger partial charge in [-0.3, -0.25) is 4.79 Å². The molecule has 180 valence electrons. The van der Waals surface area contributed by atoms with Gasteiger partial charge in [0.1, 0.15) is 23.7 Å². The average Bonchev–Trinajstić information content (AvgIpc) is 3.19. The Kier molecular flexibility index (Phi) is 6.99. The number of carbonyl (C=O) groups is 1. The number of rotatable bonds is 8. The minimum Gasteiger partial charge on any atom is -0.489 e. The van der Waals surface area contributed by atoms with E-state index in [0.717, 1.165) is 12.8 Å². The summed E-state index contributed by atoms with van der Waals surface area (Å²) in [7, 11) is 1.70. The van der Waals surface area contributed by atoms with Crippen molar-refractivity contribution in [3.63, 3.8) is 0 Å². The number of halogens is 2. The van der Waals surface area contributed by atoms with Crippen LogP contribution in [0.3, 0.4) is 0 Å². The van der Waals surface area contributed by atoms with Gasteiger partial charge in [-0.25, -0.2) is 23.4 Å². The average molecular weight is 473 g/mol. The van der Waals surface area contributed by atoms with E-state index >= 15 is 0 Å². The number of hydrogen-bond acceptors (Lipinski definition) is 7. The fourth-order valence-electron chi connectivity index (χ4n) is 3.98. The molecule has 2 atom stereocenters. The first-order valence-electron chi connectivity index (χ1n) is 10.9. The van der Waals surface area contributed by atoms with Crippen LogP contribution in [0, 0.1) is 12.8 Å². The van der Waals surface area contributed by atoms with Crippen LogP contribution < -0.4 is 9.47 Å². The summed E-state index contributed by atoms with van der Waals surface area (Å²) in [5, 5.41) is 17.5. The van der Waals surface area contributed by atoms with Gasteiger partial charge in [0.25, 0.3) is 6.43 Å². The van der Waals surface area contributed by atoms with Crippen LogP contribution in [0.5, 0.6) is 11.6 Å². The molecule has 9 nitrogen and oxygen atoms in total. The van der Waals surface area contributed by atoms with Gasteiger partial charge in [-0.2, -0.15) is 0 Å². The van der Waals surface area contributed by atoms with Gasteiger partial charge < -0.3 is 14.6 Å². The van der Waals surface area contributed by atoms with Gasteiger partial charge in [0.2, 0.25) is 5.88 Å². The Morgan fingerprint density at radius 1 is 1.29 bits per heavy atom. The fourth-order valence-corrected chi connectivity index (χ4v) is 3.98. The number of pyridine rings is 2. The first-order chi connectivity index (χ1) is 16.3. The summed E-state index contributed by atoms with van der Waals surface area (Å²) in [6.45, 7) is 1.82. The van der Waals surface area contributed by atoms with Gasteiger partial charge >= 0.3 is 5.97 Å². The highest BCUT2D eigenvalue weighted by atomic mass is 19.3. The molecule has 1 N–H and O–H groups in total. The maximum absolute atomic E-state index is 12.9. The lowest BCUT2D eigenvalue weighted by Crippen LogP contribution is -2.29. The molecule has 4 rings (SSSR count). The number of hydrogen-bond donors (Lipinski definition) is 1. The van der Waals surface area contributed by atoms with Crippen molar-refractivity contribution >= 4 is 5.97 Å². The zero-order valence-corrected chi connectivity index (χ0v) is 18.8. The Morgan fingerprint density at radius 3 is 2.85 bits per heavy atom. The van der Waals surface area contributed by atoms with Gasteiger partial charge in [0.15, 0.2) is 0 Å². The number of carboxylic acid groups (broad SMARTS) is 1. The summed E-state index contributed by atoms with van der Waals surface area (Å²) in [5.74, 6) is -0.504. The van der Waals surface area contributed by atoms with Gasteiger partial charge in [-0.15, -0.1) is 5.10 Å². The van der Waals surface area contributed by atoms with Crippen LogP contribution in [0.1, 0.15) is 49.1 Å². The zero-order valence-electron chi connectivity index (χ0n) is 18.8. The molecule has 0 amide bonds. The van der Waals surface area contributed by atoms with E-state index in [1.807, 2.05) is 6.92 Å². The molecule has 1 aliphatic carbocycles. The molecule has 1 saturated carbocycles. The number of nitrogens with zero attached hydrogens (tertiary/aromatic N) is 5. The molecule has 1 aliphatic rings. The number of aryl methyl sites for hydroxylation is 2. The first-order valence-corrected chi connectivity index (χ1v) is 10.9. The Balaban J connectivity index is 1.48. The van der Waals surface area contributed by atoms with E-state index < -0.39 is 12.4 Å². The second kappa shape index (κ2) is 10.1. The molecule has 0 bridgehead atoms. The highest BCUT2D eigenvalue weighted by Crippen LogP contribution is 2.31. The van der Waals surface area contributed by atoms with Crippen LogP contribution in [0.15, 0.2) is 30.5 Å². The summed E-state index contributed by atoms with van der Waals surface area (Å²) in [4.78, 5) is 19.9. The monoisotopic (exact) mass is 473 g/mol. The molecule has 34 heavy (non-hydrogen) atoms. The highest BCUT2D eigenvalue weighted by Gasteiger charge is 2.28. The molecule has 0 spiro atoms. The third-order valence-corrected chi connectivity index (χ3v) is 5.86. The van der Waals surface area contributed by atoms with Crippen molar-refractivity contribution in [2.45, 2.75) is 51.7 Å². The Labute approximate surface area is 194 Å². The third kappa shape index (κ3) is 5.29. The number of carboxylic acids is 1.